The minimum absolute atomic E-state index is 0.387. The Morgan fingerprint density at radius 3 is 1.16 bits per heavy atom. The molecule has 0 amide bonds. The maximum Gasteiger partial charge on any atom is 0.0770 e. The van der Waals surface area contributed by atoms with E-state index < -0.39 is 11.0 Å². The Bertz CT molecular complexity index is 265. The molecule has 0 saturated heterocycles. The van der Waals surface area contributed by atoms with Crippen LogP contribution in [0.15, 0.2) is 0 Å². The van der Waals surface area contributed by atoms with Crippen molar-refractivity contribution in [1.29, 1.82) is 0 Å². The fraction of sp³-hybridized carbons (Fsp3) is 1.00. The predicted octanol–water partition coefficient (Wildman–Crippen LogP) is 4.18. The summed E-state index contributed by atoms with van der Waals surface area (Å²) >= 11 is 0. The molecule has 0 rings (SSSR count). The Morgan fingerprint density at radius 1 is 0.520 bits per heavy atom. The predicted molar refractivity (Wildman–Crippen MR) is 105 cm³/mol. The lowest BCUT2D eigenvalue weighted by Gasteiger charge is -2.44. The minimum Gasteiger partial charge on any atom is -0.395 e. The SMILES string of the molecule is CCCCCCCCC(O)(CCCCCCCC)C(CO)(CO)CO. The molecule has 0 bridgehead atoms. The van der Waals surface area contributed by atoms with E-state index in [4.69, 9.17) is 0 Å². The zero-order valence-electron chi connectivity index (χ0n) is 16.8. The third kappa shape index (κ3) is 8.85. The van der Waals surface area contributed by atoms with Crippen molar-refractivity contribution in [2.75, 3.05) is 19.8 Å². The third-order valence-electron chi connectivity index (χ3n) is 5.78. The van der Waals surface area contributed by atoms with Crippen molar-refractivity contribution in [3.63, 3.8) is 0 Å². The van der Waals surface area contributed by atoms with Crippen molar-refractivity contribution in [3.8, 4) is 0 Å². The van der Waals surface area contributed by atoms with Crippen LogP contribution in [0.2, 0.25) is 0 Å². The molecule has 0 atom stereocenters. The van der Waals surface area contributed by atoms with Crippen molar-refractivity contribution in [2.45, 2.75) is 109 Å². The van der Waals surface area contributed by atoms with Crippen LogP contribution in [0.4, 0.5) is 0 Å². The van der Waals surface area contributed by atoms with E-state index in [1.807, 2.05) is 0 Å². The van der Waals surface area contributed by atoms with Crippen LogP contribution >= 0.6 is 0 Å². The number of aliphatic hydroxyl groups is 4. The van der Waals surface area contributed by atoms with Gasteiger partial charge in [0.2, 0.25) is 0 Å². The summed E-state index contributed by atoms with van der Waals surface area (Å²) in [6.45, 7) is 3.22. The van der Waals surface area contributed by atoms with Gasteiger partial charge in [-0.15, -0.1) is 0 Å². The zero-order valence-corrected chi connectivity index (χ0v) is 16.8. The number of aliphatic hydroxyl groups excluding tert-OH is 3. The number of hydrogen-bond donors (Lipinski definition) is 4. The van der Waals surface area contributed by atoms with Crippen LogP contribution in [0.5, 0.6) is 0 Å². The molecule has 0 aliphatic heterocycles. The monoisotopic (exact) mass is 360 g/mol. The Kier molecular flexibility index (Phi) is 14.9. The van der Waals surface area contributed by atoms with Crippen LogP contribution < -0.4 is 0 Å². The van der Waals surface area contributed by atoms with Gasteiger partial charge in [0.25, 0.3) is 0 Å². The molecule has 25 heavy (non-hydrogen) atoms. The molecule has 4 N–H and O–H groups in total. The standard InChI is InChI=1S/C21H44O4/c1-3-5-7-9-11-13-15-21(25,20(17-22,18-23)19-24)16-14-12-10-8-6-4-2/h22-25H,3-19H2,1-2H3. The highest BCUT2D eigenvalue weighted by Gasteiger charge is 2.48. The normalized spacial score (nSPS) is 12.7. The van der Waals surface area contributed by atoms with E-state index in [9.17, 15) is 20.4 Å². The molecule has 0 fully saturated rings. The molecule has 0 aromatic heterocycles. The molecule has 4 nitrogen and oxygen atoms in total. The van der Waals surface area contributed by atoms with Crippen LogP contribution in [-0.4, -0.2) is 45.8 Å². The van der Waals surface area contributed by atoms with Gasteiger partial charge in [-0.25, -0.2) is 0 Å². The molecule has 152 valence electrons. The lowest BCUT2D eigenvalue weighted by molar-refractivity contribution is -0.162. The highest BCUT2D eigenvalue weighted by atomic mass is 16.3. The lowest BCUT2D eigenvalue weighted by atomic mass is 9.68. The third-order valence-corrected chi connectivity index (χ3v) is 5.78. The van der Waals surface area contributed by atoms with Crippen LogP contribution in [-0.2, 0) is 0 Å². The summed E-state index contributed by atoms with van der Waals surface area (Å²) in [6, 6.07) is 0. The van der Waals surface area contributed by atoms with Gasteiger partial charge in [0.05, 0.1) is 30.8 Å². The largest absolute Gasteiger partial charge is 0.395 e. The second-order valence-corrected chi connectivity index (χ2v) is 7.82. The summed E-state index contributed by atoms with van der Waals surface area (Å²) < 4.78 is 0. The minimum atomic E-state index is -1.21. The molecule has 0 aromatic carbocycles. The van der Waals surface area contributed by atoms with Gasteiger partial charge in [0.1, 0.15) is 0 Å². The molecule has 0 radical (unpaired) electrons. The van der Waals surface area contributed by atoms with Crippen molar-refractivity contribution < 1.29 is 20.4 Å². The molecule has 0 aromatic rings. The molecule has 0 heterocycles. The molecule has 4 heteroatoms. The smallest absolute Gasteiger partial charge is 0.0770 e. The summed E-state index contributed by atoms with van der Waals surface area (Å²) in [7, 11) is 0. The van der Waals surface area contributed by atoms with Crippen molar-refractivity contribution in [3.05, 3.63) is 0 Å². The molecular formula is C21H44O4. The van der Waals surface area contributed by atoms with E-state index in [-0.39, 0.29) is 19.8 Å². The van der Waals surface area contributed by atoms with Gasteiger partial charge in [-0.05, 0) is 12.8 Å². The summed E-state index contributed by atoms with van der Waals surface area (Å²) in [6.07, 6.45) is 14.6. The first kappa shape index (κ1) is 24.8. The van der Waals surface area contributed by atoms with Gasteiger partial charge in [0, 0.05) is 0 Å². The average Bonchev–Trinajstić information content (AvgIpc) is 2.63. The van der Waals surface area contributed by atoms with Crippen LogP contribution in [0.3, 0.4) is 0 Å². The van der Waals surface area contributed by atoms with Gasteiger partial charge in [-0.2, -0.15) is 0 Å². The number of hydrogen-bond acceptors (Lipinski definition) is 4. The highest BCUT2D eigenvalue weighted by molar-refractivity contribution is 4.98. The quantitative estimate of drug-likeness (QED) is 0.276. The Labute approximate surface area is 155 Å². The number of unbranched alkanes of at least 4 members (excludes halogenated alkanes) is 10. The summed E-state index contributed by atoms with van der Waals surface area (Å²) in [5.41, 5.74) is -2.40. The first-order valence-corrected chi connectivity index (χ1v) is 10.6. The Hall–Kier alpha value is -0.160. The van der Waals surface area contributed by atoms with E-state index in [2.05, 4.69) is 13.8 Å². The van der Waals surface area contributed by atoms with Gasteiger partial charge < -0.3 is 20.4 Å². The summed E-state index contributed by atoms with van der Waals surface area (Å²) in [4.78, 5) is 0. The highest BCUT2D eigenvalue weighted by Crippen LogP contribution is 2.39. The van der Waals surface area contributed by atoms with E-state index in [1.165, 1.54) is 38.5 Å². The molecule has 0 unspecified atom stereocenters. The fourth-order valence-electron chi connectivity index (χ4n) is 3.64. The molecule has 0 saturated carbocycles. The zero-order chi connectivity index (χ0) is 19.0. The van der Waals surface area contributed by atoms with Gasteiger partial charge in [0.15, 0.2) is 0 Å². The topological polar surface area (TPSA) is 80.9 Å². The number of rotatable bonds is 18. The molecule has 0 aliphatic rings. The van der Waals surface area contributed by atoms with E-state index >= 15 is 0 Å². The van der Waals surface area contributed by atoms with E-state index in [0.29, 0.717) is 12.8 Å². The fourth-order valence-corrected chi connectivity index (χ4v) is 3.64. The second-order valence-electron chi connectivity index (χ2n) is 7.82. The van der Waals surface area contributed by atoms with E-state index in [0.717, 1.165) is 38.5 Å². The molecule has 0 spiro atoms. The van der Waals surface area contributed by atoms with Crippen LogP contribution in [0.1, 0.15) is 104 Å². The van der Waals surface area contributed by atoms with Crippen molar-refractivity contribution in [2.24, 2.45) is 5.41 Å². The first-order valence-electron chi connectivity index (χ1n) is 10.6. The summed E-state index contributed by atoms with van der Waals surface area (Å²) in [5.74, 6) is 0. The maximum absolute atomic E-state index is 11.2. The van der Waals surface area contributed by atoms with E-state index in [1.54, 1.807) is 0 Å². The summed E-state index contributed by atoms with van der Waals surface area (Å²) in [5, 5.41) is 40.6. The van der Waals surface area contributed by atoms with Crippen molar-refractivity contribution in [1.82, 2.24) is 0 Å². The molecular weight excluding hydrogens is 316 g/mol. The second kappa shape index (κ2) is 15.0. The van der Waals surface area contributed by atoms with Gasteiger partial charge in [-0.1, -0.05) is 90.9 Å². The maximum atomic E-state index is 11.2. The van der Waals surface area contributed by atoms with Crippen molar-refractivity contribution >= 4 is 0 Å². The molecule has 0 aliphatic carbocycles. The average molecular weight is 361 g/mol. The van der Waals surface area contributed by atoms with Gasteiger partial charge in [-0.3, -0.25) is 0 Å². The first-order chi connectivity index (χ1) is 12.1. The van der Waals surface area contributed by atoms with Crippen LogP contribution in [0.25, 0.3) is 0 Å². The Morgan fingerprint density at radius 2 is 0.840 bits per heavy atom. The van der Waals surface area contributed by atoms with Gasteiger partial charge >= 0.3 is 0 Å². The lowest BCUT2D eigenvalue weighted by Crippen LogP contribution is -2.55. The Balaban J connectivity index is 4.58. The van der Waals surface area contributed by atoms with Crippen LogP contribution in [0, 0.1) is 5.41 Å².